The molecule has 1 aromatic rings. The van der Waals surface area contributed by atoms with E-state index in [1.807, 2.05) is 25.1 Å². The number of benzene rings is 1. The zero-order valence-corrected chi connectivity index (χ0v) is 11.4. The molecule has 1 aromatic carbocycles. The Kier molecular flexibility index (Phi) is 2.88. The molecule has 0 heterocycles. The molecular weight excluding hydrogens is 236 g/mol. The van der Waals surface area contributed by atoms with Crippen molar-refractivity contribution in [1.29, 1.82) is 0 Å². The van der Waals surface area contributed by atoms with Crippen LogP contribution in [0.25, 0.3) is 11.1 Å². The average molecular weight is 256 g/mol. The van der Waals surface area contributed by atoms with E-state index in [0.717, 1.165) is 22.3 Å². The van der Waals surface area contributed by atoms with Crippen molar-refractivity contribution in [3.63, 3.8) is 0 Å². The average Bonchev–Trinajstić information content (AvgIpc) is 2.41. The molecule has 2 heteroatoms. The molecule has 0 radical (unpaired) electrons. The van der Waals surface area contributed by atoms with E-state index < -0.39 is 6.10 Å². The van der Waals surface area contributed by atoms with Gasteiger partial charge in [-0.05, 0) is 39.7 Å². The fourth-order valence-corrected chi connectivity index (χ4v) is 3.39. The second-order valence-electron chi connectivity index (χ2n) is 5.82. The second-order valence-corrected chi connectivity index (χ2v) is 5.82. The van der Waals surface area contributed by atoms with Gasteiger partial charge >= 0.3 is 0 Å². The van der Waals surface area contributed by atoms with Gasteiger partial charge in [-0.3, -0.25) is 0 Å². The Morgan fingerprint density at radius 1 is 1.11 bits per heavy atom. The first-order valence-corrected chi connectivity index (χ1v) is 6.90. The molecule has 3 rings (SSSR count). The summed E-state index contributed by atoms with van der Waals surface area (Å²) in [5.41, 5.74) is 5.30. The van der Waals surface area contributed by atoms with Gasteiger partial charge < -0.3 is 10.2 Å². The lowest BCUT2D eigenvalue weighted by molar-refractivity contribution is 0.122. The van der Waals surface area contributed by atoms with E-state index >= 15 is 0 Å². The lowest BCUT2D eigenvalue weighted by Gasteiger charge is -2.41. The summed E-state index contributed by atoms with van der Waals surface area (Å²) in [6.45, 7) is 8.21. The van der Waals surface area contributed by atoms with Gasteiger partial charge in [0.2, 0.25) is 0 Å². The van der Waals surface area contributed by atoms with Crippen molar-refractivity contribution >= 4 is 11.1 Å². The molecule has 2 aliphatic rings. The third-order valence-electron chi connectivity index (χ3n) is 4.84. The van der Waals surface area contributed by atoms with E-state index in [1.54, 1.807) is 0 Å². The molecule has 0 saturated carbocycles. The van der Waals surface area contributed by atoms with Gasteiger partial charge in [0, 0.05) is 6.42 Å². The lowest BCUT2D eigenvalue weighted by Crippen LogP contribution is -2.36. The fourth-order valence-electron chi connectivity index (χ4n) is 3.39. The van der Waals surface area contributed by atoms with Crippen molar-refractivity contribution in [3.05, 3.63) is 47.5 Å². The normalized spacial score (nSPS) is 34.0. The van der Waals surface area contributed by atoms with Crippen molar-refractivity contribution in [2.75, 3.05) is 0 Å². The Bertz CT molecular complexity index is 570. The number of hydrogen-bond acceptors (Lipinski definition) is 2. The van der Waals surface area contributed by atoms with Crippen LogP contribution in [0, 0.1) is 11.8 Å². The van der Waals surface area contributed by atoms with Crippen LogP contribution in [0.4, 0.5) is 0 Å². The molecule has 2 aliphatic carbocycles. The maximum absolute atomic E-state index is 10.5. The molecule has 0 spiro atoms. The third kappa shape index (κ3) is 1.71. The standard InChI is InChI=1S/C17H20O2/c1-9-10(2)17(19)11(3)12-6-4-5-7-13(12)14-8-15(18)16(9)14/h4-7,9-10,15,17-19H,3,8H2,1-2H3/t9-,10+,15+,17?/m1/s1. The van der Waals surface area contributed by atoms with Crippen LogP contribution in [-0.2, 0) is 0 Å². The molecule has 2 nitrogen and oxygen atoms in total. The van der Waals surface area contributed by atoms with E-state index in [2.05, 4.69) is 19.6 Å². The SMILES string of the molecule is C=C1c2ccccc2C2=C([C@@H](O)C2)[C@H](C)[C@H](C)C1O. The minimum absolute atomic E-state index is 0.0702. The first kappa shape index (κ1) is 12.6. The summed E-state index contributed by atoms with van der Waals surface area (Å²) in [6.07, 6.45) is -0.190. The molecule has 100 valence electrons. The van der Waals surface area contributed by atoms with Crippen molar-refractivity contribution < 1.29 is 10.2 Å². The Hall–Kier alpha value is -1.38. The number of fused-ring (bicyclic) bond motifs is 2. The molecule has 0 fully saturated rings. The van der Waals surface area contributed by atoms with Gasteiger partial charge in [0.05, 0.1) is 12.2 Å². The summed E-state index contributed by atoms with van der Waals surface area (Å²) in [7, 11) is 0. The van der Waals surface area contributed by atoms with Crippen molar-refractivity contribution in [1.82, 2.24) is 0 Å². The zero-order chi connectivity index (χ0) is 13.7. The Balaban J connectivity index is 2.24. The predicted octanol–water partition coefficient (Wildman–Crippen LogP) is 2.86. The van der Waals surface area contributed by atoms with E-state index in [9.17, 15) is 10.2 Å². The first-order chi connectivity index (χ1) is 9.02. The van der Waals surface area contributed by atoms with Crippen LogP contribution in [0.15, 0.2) is 36.4 Å². The summed E-state index contributed by atoms with van der Waals surface area (Å²) in [4.78, 5) is 0. The van der Waals surface area contributed by atoms with Crippen molar-refractivity contribution in [2.24, 2.45) is 11.8 Å². The highest BCUT2D eigenvalue weighted by Crippen LogP contribution is 2.48. The summed E-state index contributed by atoms with van der Waals surface area (Å²) in [5, 5.41) is 20.5. The van der Waals surface area contributed by atoms with E-state index in [-0.39, 0.29) is 17.9 Å². The number of aliphatic hydroxyl groups excluding tert-OH is 2. The number of aliphatic hydroxyl groups is 2. The molecule has 0 saturated heterocycles. The second kappa shape index (κ2) is 4.32. The van der Waals surface area contributed by atoms with Crippen molar-refractivity contribution in [3.8, 4) is 0 Å². The van der Waals surface area contributed by atoms with E-state index in [0.29, 0.717) is 6.42 Å². The van der Waals surface area contributed by atoms with Gasteiger partial charge in [0.15, 0.2) is 0 Å². The minimum Gasteiger partial charge on any atom is -0.388 e. The van der Waals surface area contributed by atoms with Crippen LogP contribution < -0.4 is 0 Å². The minimum atomic E-state index is -0.557. The topological polar surface area (TPSA) is 40.5 Å². The first-order valence-electron chi connectivity index (χ1n) is 6.90. The molecule has 2 N–H and O–H groups in total. The lowest BCUT2D eigenvalue weighted by atomic mass is 9.66. The fraction of sp³-hybridized carbons (Fsp3) is 0.412. The van der Waals surface area contributed by atoms with E-state index in [1.165, 1.54) is 5.57 Å². The molecule has 0 amide bonds. The highest BCUT2D eigenvalue weighted by Gasteiger charge is 2.39. The molecule has 0 bridgehead atoms. The van der Waals surface area contributed by atoms with Gasteiger partial charge in [-0.2, -0.15) is 0 Å². The Labute approximate surface area is 114 Å². The molecule has 0 aliphatic heterocycles. The van der Waals surface area contributed by atoms with Crippen LogP contribution in [0.3, 0.4) is 0 Å². The molecule has 0 aromatic heterocycles. The van der Waals surface area contributed by atoms with Crippen LogP contribution in [-0.4, -0.2) is 22.4 Å². The summed E-state index contributed by atoms with van der Waals surface area (Å²) < 4.78 is 0. The maximum atomic E-state index is 10.5. The summed E-state index contributed by atoms with van der Waals surface area (Å²) in [6, 6.07) is 8.06. The molecule has 4 atom stereocenters. The predicted molar refractivity (Wildman–Crippen MR) is 77.4 cm³/mol. The highest BCUT2D eigenvalue weighted by atomic mass is 16.3. The van der Waals surface area contributed by atoms with Crippen LogP contribution in [0.2, 0.25) is 0 Å². The van der Waals surface area contributed by atoms with Gasteiger partial charge in [0.25, 0.3) is 0 Å². The quantitative estimate of drug-likeness (QED) is 0.749. The van der Waals surface area contributed by atoms with Crippen LogP contribution in [0.5, 0.6) is 0 Å². The number of hydrogen-bond donors (Lipinski definition) is 2. The monoisotopic (exact) mass is 256 g/mol. The summed E-state index contributed by atoms with van der Waals surface area (Å²) in [5.74, 6) is 0.250. The smallest absolute Gasteiger partial charge is 0.0821 e. The van der Waals surface area contributed by atoms with E-state index in [4.69, 9.17) is 0 Å². The van der Waals surface area contributed by atoms with Gasteiger partial charge in [0.1, 0.15) is 0 Å². The molecule has 19 heavy (non-hydrogen) atoms. The molecule has 1 unspecified atom stereocenters. The summed E-state index contributed by atoms with van der Waals surface area (Å²) >= 11 is 0. The Morgan fingerprint density at radius 3 is 2.37 bits per heavy atom. The molecular formula is C17H20O2. The van der Waals surface area contributed by atoms with Gasteiger partial charge in [-0.1, -0.05) is 44.7 Å². The number of rotatable bonds is 0. The third-order valence-corrected chi connectivity index (χ3v) is 4.84. The highest BCUT2D eigenvalue weighted by molar-refractivity contribution is 5.86. The van der Waals surface area contributed by atoms with Crippen LogP contribution >= 0.6 is 0 Å². The van der Waals surface area contributed by atoms with Gasteiger partial charge in [-0.15, -0.1) is 0 Å². The van der Waals surface area contributed by atoms with Gasteiger partial charge in [-0.25, -0.2) is 0 Å². The largest absolute Gasteiger partial charge is 0.388 e. The zero-order valence-electron chi connectivity index (χ0n) is 11.4. The Morgan fingerprint density at radius 2 is 1.74 bits per heavy atom. The van der Waals surface area contributed by atoms with Crippen LogP contribution in [0.1, 0.15) is 31.4 Å². The maximum Gasteiger partial charge on any atom is 0.0821 e. The van der Waals surface area contributed by atoms with Crippen molar-refractivity contribution in [2.45, 2.75) is 32.5 Å².